The van der Waals surface area contributed by atoms with Gasteiger partial charge in [-0.3, -0.25) is 14.7 Å². The Hall–Kier alpha value is -3.16. The molecule has 1 aliphatic heterocycles. The third-order valence-corrected chi connectivity index (χ3v) is 6.08. The summed E-state index contributed by atoms with van der Waals surface area (Å²) in [5.74, 6) is 0.962. The number of ether oxygens (including phenoxy) is 2. The number of carbonyl (C=O) groups excluding carboxylic acids is 1. The zero-order valence-corrected chi connectivity index (χ0v) is 17.3. The van der Waals surface area contributed by atoms with Gasteiger partial charge in [-0.05, 0) is 42.0 Å². The van der Waals surface area contributed by atoms with Crippen molar-refractivity contribution in [3.8, 4) is 11.5 Å². The van der Waals surface area contributed by atoms with Crippen molar-refractivity contribution in [1.29, 1.82) is 0 Å². The van der Waals surface area contributed by atoms with E-state index in [1.807, 2.05) is 42.5 Å². The van der Waals surface area contributed by atoms with Gasteiger partial charge in [-0.2, -0.15) is 0 Å². The van der Waals surface area contributed by atoms with E-state index in [2.05, 4.69) is 9.97 Å². The van der Waals surface area contributed by atoms with Crippen molar-refractivity contribution < 1.29 is 14.3 Å². The van der Waals surface area contributed by atoms with Crippen LogP contribution in [0.4, 0.5) is 5.13 Å². The zero-order chi connectivity index (χ0) is 20.5. The monoisotopic (exact) mass is 437 g/mol. The van der Waals surface area contributed by atoms with Gasteiger partial charge in [-0.1, -0.05) is 41.1 Å². The van der Waals surface area contributed by atoms with Crippen LogP contribution in [-0.4, -0.2) is 28.6 Å². The van der Waals surface area contributed by atoms with Crippen LogP contribution in [0.1, 0.15) is 5.56 Å². The van der Waals surface area contributed by atoms with Crippen LogP contribution in [-0.2, 0) is 11.3 Å². The molecule has 0 fully saturated rings. The van der Waals surface area contributed by atoms with E-state index in [1.165, 1.54) is 11.3 Å². The summed E-state index contributed by atoms with van der Waals surface area (Å²) >= 11 is 7.72. The molecule has 150 valence electrons. The number of rotatable bonds is 4. The van der Waals surface area contributed by atoms with Crippen LogP contribution >= 0.6 is 22.9 Å². The number of para-hydroxylation sites is 3. The molecule has 0 saturated carbocycles. The van der Waals surface area contributed by atoms with Gasteiger partial charge in [0.05, 0.1) is 16.3 Å². The highest BCUT2D eigenvalue weighted by Gasteiger charge is 2.33. The first-order chi connectivity index (χ1) is 14.7. The average Bonchev–Trinajstić information content (AvgIpc) is 3.23. The number of halogens is 1. The molecular formula is C22H16ClN3O3S. The summed E-state index contributed by atoms with van der Waals surface area (Å²) < 4.78 is 12.6. The Morgan fingerprint density at radius 2 is 1.90 bits per heavy atom. The molecule has 0 aliphatic carbocycles. The number of hydrogen-bond acceptors (Lipinski definition) is 6. The molecule has 0 spiro atoms. The van der Waals surface area contributed by atoms with Crippen LogP contribution in [0, 0.1) is 0 Å². The molecule has 1 amide bonds. The van der Waals surface area contributed by atoms with E-state index < -0.39 is 6.10 Å². The third-order valence-electron chi connectivity index (χ3n) is 4.73. The number of benzene rings is 2. The molecule has 1 unspecified atom stereocenters. The lowest BCUT2D eigenvalue weighted by Gasteiger charge is -2.29. The van der Waals surface area contributed by atoms with Crippen molar-refractivity contribution in [2.75, 3.05) is 11.5 Å². The van der Waals surface area contributed by atoms with Gasteiger partial charge in [0.15, 0.2) is 16.6 Å². The molecule has 1 atom stereocenters. The molecule has 8 heteroatoms. The number of hydrogen-bond donors (Lipinski definition) is 0. The molecule has 1 aliphatic rings. The summed E-state index contributed by atoms with van der Waals surface area (Å²) in [5.41, 5.74) is 1.61. The van der Waals surface area contributed by atoms with Gasteiger partial charge < -0.3 is 9.47 Å². The normalized spacial score (nSPS) is 15.2. The minimum absolute atomic E-state index is 0.133. The molecule has 30 heavy (non-hydrogen) atoms. The van der Waals surface area contributed by atoms with Crippen LogP contribution in [0.5, 0.6) is 11.5 Å². The van der Waals surface area contributed by atoms with Gasteiger partial charge in [0, 0.05) is 12.4 Å². The maximum atomic E-state index is 13.5. The molecule has 0 N–H and O–H groups in total. The predicted octanol–water partition coefficient (Wildman–Crippen LogP) is 4.72. The van der Waals surface area contributed by atoms with Crippen molar-refractivity contribution in [2.24, 2.45) is 0 Å². The van der Waals surface area contributed by atoms with Crippen molar-refractivity contribution >= 4 is 44.2 Å². The second kappa shape index (κ2) is 7.93. The van der Waals surface area contributed by atoms with Crippen LogP contribution in [0.3, 0.4) is 0 Å². The molecule has 4 aromatic rings. The molecule has 0 bridgehead atoms. The van der Waals surface area contributed by atoms with E-state index in [0.717, 1.165) is 10.3 Å². The molecule has 5 rings (SSSR count). The quantitative estimate of drug-likeness (QED) is 0.462. The summed E-state index contributed by atoms with van der Waals surface area (Å²) in [7, 11) is 0. The first-order valence-electron chi connectivity index (χ1n) is 9.33. The zero-order valence-electron chi connectivity index (χ0n) is 15.7. The van der Waals surface area contributed by atoms with E-state index >= 15 is 0 Å². The van der Waals surface area contributed by atoms with E-state index in [1.54, 1.807) is 29.4 Å². The summed E-state index contributed by atoms with van der Waals surface area (Å²) in [6.45, 7) is 0.467. The lowest BCUT2D eigenvalue weighted by Crippen LogP contribution is -2.46. The molecule has 2 aromatic heterocycles. The Labute approximate surface area is 181 Å². The smallest absolute Gasteiger partial charge is 0.273 e. The van der Waals surface area contributed by atoms with E-state index in [9.17, 15) is 4.79 Å². The number of aromatic nitrogens is 2. The van der Waals surface area contributed by atoms with Gasteiger partial charge in [-0.15, -0.1) is 0 Å². The number of thiazole rings is 1. The standard InChI is InChI=1S/C22H16ClN3O3S/c23-15-4-3-7-19-20(15)25-22(30-19)26(12-14-8-10-24-11-9-14)21(27)18-13-28-16-5-1-2-6-17(16)29-18/h1-11,18H,12-13H2. The fourth-order valence-electron chi connectivity index (χ4n) is 3.24. The second-order valence-corrected chi connectivity index (χ2v) is 8.14. The fourth-order valence-corrected chi connectivity index (χ4v) is 4.51. The molecule has 0 radical (unpaired) electrons. The van der Waals surface area contributed by atoms with Crippen molar-refractivity contribution in [3.05, 3.63) is 77.6 Å². The highest BCUT2D eigenvalue weighted by atomic mass is 35.5. The summed E-state index contributed by atoms with van der Waals surface area (Å²) in [5, 5.41) is 1.11. The molecule has 3 heterocycles. The number of carbonyl (C=O) groups is 1. The minimum Gasteiger partial charge on any atom is -0.485 e. The van der Waals surface area contributed by atoms with Crippen molar-refractivity contribution in [2.45, 2.75) is 12.6 Å². The van der Waals surface area contributed by atoms with Gasteiger partial charge in [0.25, 0.3) is 5.91 Å². The fraction of sp³-hybridized carbons (Fsp3) is 0.136. The lowest BCUT2D eigenvalue weighted by atomic mass is 10.2. The molecular weight excluding hydrogens is 422 g/mol. The Bertz CT molecular complexity index is 1210. The summed E-state index contributed by atoms with van der Waals surface area (Å²) in [6, 6.07) is 16.7. The number of pyridine rings is 1. The van der Waals surface area contributed by atoms with Crippen molar-refractivity contribution in [3.63, 3.8) is 0 Å². The van der Waals surface area contributed by atoms with E-state index in [0.29, 0.717) is 33.7 Å². The van der Waals surface area contributed by atoms with E-state index in [-0.39, 0.29) is 12.5 Å². The van der Waals surface area contributed by atoms with Crippen LogP contribution in [0.2, 0.25) is 5.02 Å². The highest BCUT2D eigenvalue weighted by molar-refractivity contribution is 7.22. The molecule has 6 nitrogen and oxygen atoms in total. The number of amides is 1. The topological polar surface area (TPSA) is 64.6 Å². The largest absolute Gasteiger partial charge is 0.485 e. The van der Waals surface area contributed by atoms with Gasteiger partial charge in [-0.25, -0.2) is 4.98 Å². The minimum atomic E-state index is -0.774. The number of fused-ring (bicyclic) bond motifs is 2. The first-order valence-corrected chi connectivity index (χ1v) is 10.5. The number of nitrogens with zero attached hydrogens (tertiary/aromatic N) is 3. The molecule has 2 aromatic carbocycles. The summed E-state index contributed by atoms with van der Waals surface area (Å²) in [4.78, 5) is 23.8. The van der Waals surface area contributed by atoms with Crippen LogP contribution in [0.25, 0.3) is 10.2 Å². The third kappa shape index (κ3) is 3.58. The highest BCUT2D eigenvalue weighted by Crippen LogP contribution is 2.35. The Kier molecular flexibility index (Phi) is 4.98. The Balaban J connectivity index is 1.50. The lowest BCUT2D eigenvalue weighted by molar-refractivity contribution is -0.127. The number of anilines is 1. The van der Waals surface area contributed by atoms with Crippen molar-refractivity contribution in [1.82, 2.24) is 9.97 Å². The summed E-state index contributed by atoms with van der Waals surface area (Å²) in [6.07, 6.45) is 2.62. The van der Waals surface area contributed by atoms with Crippen LogP contribution in [0.15, 0.2) is 67.0 Å². The van der Waals surface area contributed by atoms with Gasteiger partial charge in [0.2, 0.25) is 6.10 Å². The van der Waals surface area contributed by atoms with Gasteiger partial charge in [0.1, 0.15) is 12.1 Å². The Morgan fingerprint density at radius 3 is 2.70 bits per heavy atom. The second-order valence-electron chi connectivity index (χ2n) is 6.73. The predicted molar refractivity (Wildman–Crippen MR) is 116 cm³/mol. The average molecular weight is 438 g/mol. The van der Waals surface area contributed by atoms with Gasteiger partial charge >= 0.3 is 0 Å². The first kappa shape index (κ1) is 18.8. The maximum absolute atomic E-state index is 13.5. The Morgan fingerprint density at radius 1 is 1.10 bits per heavy atom. The SMILES string of the molecule is O=C(C1COc2ccccc2O1)N(Cc1ccncc1)c1nc2c(Cl)cccc2s1. The molecule has 0 saturated heterocycles. The maximum Gasteiger partial charge on any atom is 0.273 e. The van der Waals surface area contributed by atoms with Crippen LogP contribution < -0.4 is 14.4 Å². The van der Waals surface area contributed by atoms with E-state index in [4.69, 9.17) is 21.1 Å².